The molecule has 0 saturated carbocycles. The number of thiophene rings is 1. The standard InChI is InChI=1S/C15H20N2OS/c1-11-5-4-8-17(10-11)15(18)14-9-12(2)13(19-14)6-3-7-16/h9,11H,4-5,7-8,10,16H2,1-2H3. The summed E-state index contributed by atoms with van der Waals surface area (Å²) in [5.41, 5.74) is 6.45. The fourth-order valence-electron chi connectivity index (χ4n) is 2.37. The fourth-order valence-corrected chi connectivity index (χ4v) is 3.39. The van der Waals surface area contributed by atoms with Gasteiger partial charge in [0, 0.05) is 13.1 Å². The van der Waals surface area contributed by atoms with E-state index in [1.54, 1.807) is 0 Å². The number of rotatable bonds is 1. The molecule has 0 radical (unpaired) electrons. The van der Waals surface area contributed by atoms with Crippen LogP contribution < -0.4 is 5.73 Å². The topological polar surface area (TPSA) is 46.3 Å². The third kappa shape index (κ3) is 3.37. The highest BCUT2D eigenvalue weighted by Crippen LogP contribution is 2.24. The van der Waals surface area contributed by atoms with Crippen molar-refractivity contribution >= 4 is 17.2 Å². The van der Waals surface area contributed by atoms with Crippen LogP contribution >= 0.6 is 11.3 Å². The van der Waals surface area contributed by atoms with Crippen molar-refractivity contribution in [3.8, 4) is 11.8 Å². The first-order chi connectivity index (χ1) is 9.11. The monoisotopic (exact) mass is 276 g/mol. The molecular formula is C15H20N2OS. The predicted molar refractivity (Wildman–Crippen MR) is 79.3 cm³/mol. The highest BCUT2D eigenvalue weighted by atomic mass is 32.1. The molecule has 102 valence electrons. The number of carbonyl (C=O) groups excluding carboxylic acids is 1. The van der Waals surface area contributed by atoms with Crippen LogP contribution in [-0.2, 0) is 0 Å². The van der Waals surface area contributed by atoms with Crippen molar-refractivity contribution in [2.24, 2.45) is 11.7 Å². The molecule has 1 aliphatic rings. The highest BCUT2D eigenvalue weighted by molar-refractivity contribution is 7.14. The van der Waals surface area contributed by atoms with Gasteiger partial charge in [-0.25, -0.2) is 0 Å². The van der Waals surface area contributed by atoms with Gasteiger partial charge < -0.3 is 10.6 Å². The maximum absolute atomic E-state index is 12.4. The Bertz CT molecular complexity index is 524. The van der Waals surface area contributed by atoms with Gasteiger partial charge in [0.15, 0.2) is 0 Å². The fraction of sp³-hybridized carbons (Fsp3) is 0.533. The van der Waals surface area contributed by atoms with Gasteiger partial charge in [-0.3, -0.25) is 4.79 Å². The second-order valence-corrected chi connectivity index (χ2v) is 6.18. The molecule has 1 saturated heterocycles. The van der Waals surface area contributed by atoms with Crippen LogP contribution in [0.3, 0.4) is 0 Å². The van der Waals surface area contributed by atoms with E-state index < -0.39 is 0 Å². The van der Waals surface area contributed by atoms with E-state index in [9.17, 15) is 4.79 Å². The Hall–Kier alpha value is -1.31. The number of nitrogens with zero attached hydrogens (tertiary/aromatic N) is 1. The minimum atomic E-state index is 0.153. The Labute approximate surface area is 118 Å². The summed E-state index contributed by atoms with van der Waals surface area (Å²) in [5.74, 6) is 6.64. The lowest BCUT2D eigenvalue weighted by molar-refractivity contribution is 0.0688. The molecule has 19 heavy (non-hydrogen) atoms. The van der Waals surface area contributed by atoms with E-state index >= 15 is 0 Å². The smallest absolute Gasteiger partial charge is 0.263 e. The summed E-state index contributed by atoms with van der Waals surface area (Å²) in [6.07, 6.45) is 2.33. The maximum atomic E-state index is 12.4. The number of hydrogen-bond donors (Lipinski definition) is 1. The molecule has 0 bridgehead atoms. The molecule has 0 aliphatic carbocycles. The molecule has 0 spiro atoms. The van der Waals surface area contributed by atoms with Crippen molar-refractivity contribution in [3.63, 3.8) is 0 Å². The summed E-state index contributed by atoms with van der Waals surface area (Å²) in [7, 11) is 0. The number of amides is 1. The molecule has 1 aromatic heterocycles. The second kappa shape index (κ2) is 6.23. The first-order valence-corrected chi connectivity index (χ1v) is 7.52. The summed E-state index contributed by atoms with van der Waals surface area (Å²) in [5, 5.41) is 0. The van der Waals surface area contributed by atoms with Gasteiger partial charge in [0.1, 0.15) is 0 Å². The molecular weight excluding hydrogens is 256 g/mol. The van der Waals surface area contributed by atoms with E-state index in [0.29, 0.717) is 12.5 Å². The first-order valence-electron chi connectivity index (χ1n) is 6.70. The minimum Gasteiger partial charge on any atom is -0.338 e. The average molecular weight is 276 g/mol. The summed E-state index contributed by atoms with van der Waals surface area (Å²) in [6.45, 7) is 6.30. The SMILES string of the molecule is Cc1cc(C(=O)N2CCCC(C)C2)sc1C#CCN. The van der Waals surface area contributed by atoms with E-state index in [2.05, 4.69) is 18.8 Å². The van der Waals surface area contributed by atoms with E-state index in [1.165, 1.54) is 17.8 Å². The quantitative estimate of drug-likeness (QED) is 0.800. The van der Waals surface area contributed by atoms with Crippen molar-refractivity contribution in [1.29, 1.82) is 0 Å². The largest absolute Gasteiger partial charge is 0.338 e. The Kier molecular flexibility index (Phi) is 4.62. The Morgan fingerprint density at radius 2 is 2.42 bits per heavy atom. The molecule has 1 unspecified atom stereocenters. The number of carbonyl (C=O) groups is 1. The van der Waals surface area contributed by atoms with Crippen molar-refractivity contribution in [2.45, 2.75) is 26.7 Å². The Morgan fingerprint density at radius 3 is 3.11 bits per heavy atom. The minimum absolute atomic E-state index is 0.153. The maximum Gasteiger partial charge on any atom is 0.263 e. The van der Waals surface area contributed by atoms with Crippen molar-refractivity contribution < 1.29 is 4.79 Å². The molecule has 1 atom stereocenters. The number of hydrogen-bond acceptors (Lipinski definition) is 3. The van der Waals surface area contributed by atoms with Gasteiger partial charge in [0.25, 0.3) is 5.91 Å². The van der Waals surface area contributed by atoms with Crippen LogP contribution in [0.4, 0.5) is 0 Å². The lowest BCUT2D eigenvalue weighted by Crippen LogP contribution is -2.38. The number of aryl methyl sites for hydroxylation is 1. The molecule has 1 amide bonds. The average Bonchev–Trinajstić information content (AvgIpc) is 2.77. The van der Waals surface area contributed by atoms with E-state index in [-0.39, 0.29) is 5.91 Å². The molecule has 3 nitrogen and oxygen atoms in total. The van der Waals surface area contributed by atoms with Gasteiger partial charge in [-0.2, -0.15) is 0 Å². The number of nitrogens with two attached hydrogens (primary N) is 1. The van der Waals surface area contributed by atoms with Gasteiger partial charge >= 0.3 is 0 Å². The Morgan fingerprint density at radius 1 is 1.63 bits per heavy atom. The van der Waals surface area contributed by atoms with Crippen LogP contribution in [0.5, 0.6) is 0 Å². The van der Waals surface area contributed by atoms with Crippen molar-refractivity contribution in [1.82, 2.24) is 4.90 Å². The van der Waals surface area contributed by atoms with Crippen LogP contribution in [0, 0.1) is 24.7 Å². The zero-order valence-corrected chi connectivity index (χ0v) is 12.3. The molecule has 1 aliphatic heterocycles. The van der Waals surface area contributed by atoms with Gasteiger partial charge in [-0.1, -0.05) is 18.8 Å². The van der Waals surface area contributed by atoms with E-state index in [4.69, 9.17) is 5.73 Å². The highest BCUT2D eigenvalue weighted by Gasteiger charge is 2.23. The molecule has 2 N–H and O–H groups in total. The molecule has 0 aromatic carbocycles. The molecule has 2 heterocycles. The normalized spacial score (nSPS) is 18.9. The van der Waals surface area contributed by atoms with Gasteiger partial charge in [0.2, 0.25) is 0 Å². The summed E-state index contributed by atoms with van der Waals surface area (Å²) in [6, 6.07) is 1.95. The van der Waals surface area contributed by atoms with Crippen LogP contribution in [0.15, 0.2) is 6.07 Å². The van der Waals surface area contributed by atoms with Crippen LogP contribution in [-0.4, -0.2) is 30.4 Å². The lowest BCUT2D eigenvalue weighted by Gasteiger charge is -2.30. The summed E-state index contributed by atoms with van der Waals surface area (Å²) >= 11 is 1.48. The summed E-state index contributed by atoms with van der Waals surface area (Å²) < 4.78 is 0. The molecule has 2 rings (SSSR count). The van der Waals surface area contributed by atoms with Gasteiger partial charge in [-0.15, -0.1) is 11.3 Å². The lowest BCUT2D eigenvalue weighted by atomic mass is 10.0. The second-order valence-electron chi connectivity index (χ2n) is 5.13. The molecule has 4 heteroatoms. The summed E-state index contributed by atoms with van der Waals surface area (Å²) in [4.78, 5) is 16.2. The van der Waals surface area contributed by atoms with E-state index in [0.717, 1.165) is 34.8 Å². The van der Waals surface area contributed by atoms with Crippen molar-refractivity contribution in [2.75, 3.05) is 19.6 Å². The van der Waals surface area contributed by atoms with Gasteiger partial charge in [-0.05, 0) is 37.3 Å². The van der Waals surface area contributed by atoms with Crippen molar-refractivity contribution in [3.05, 3.63) is 21.4 Å². The Balaban J connectivity index is 2.15. The van der Waals surface area contributed by atoms with Crippen LogP contribution in [0.25, 0.3) is 0 Å². The zero-order chi connectivity index (χ0) is 13.8. The first kappa shape index (κ1) is 14.1. The number of likely N-dealkylation sites (tertiary alicyclic amines) is 1. The van der Waals surface area contributed by atoms with Crippen LogP contribution in [0.2, 0.25) is 0 Å². The molecule has 1 aromatic rings. The van der Waals surface area contributed by atoms with Gasteiger partial charge in [0.05, 0.1) is 16.3 Å². The molecule has 1 fully saturated rings. The van der Waals surface area contributed by atoms with Crippen LogP contribution in [0.1, 0.15) is 39.9 Å². The zero-order valence-electron chi connectivity index (χ0n) is 11.5. The third-order valence-electron chi connectivity index (χ3n) is 3.38. The third-order valence-corrected chi connectivity index (χ3v) is 4.52. The van der Waals surface area contributed by atoms with E-state index in [1.807, 2.05) is 17.9 Å². The predicted octanol–water partition coefficient (Wildman–Crippen LogP) is 2.24. The number of piperidine rings is 1.